The number of hydrogen-bond acceptors (Lipinski definition) is 4. The van der Waals surface area contributed by atoms with E-state index in [1.807, 2.05) is 30.3 Å². The number of benzene rings is 3. The molecule has 0 spiro atoms. The highest BCUT2D eigenvalue weighted by atomic mass is 35.5. The lowest BCUT2D eigenvalue weighted by molar-refractivity contribution is 0.601. The second kappa shape index (κ2) is 7.58. The molecule has 0 fully saturated rings. The molecular formula is C22H14Cl2O3S2. The first kappa shape index (κ1) is 20.1. The van der Waals surface area contributed by atoms with E-state index in [1.54, 1.807) is 36.4 Å². The first-order valence-electron chi connectivity index (χ1n) is 8.58. The fourth-order valence-electron chi connectivity index (χ4n) is 3.14. The van der Waals surface area contributed by atoms with Gasteiger partial charge in [0.15, 0.2) is 9.84 Å². The van der Waals surface area contributed by atoms with Crippen molar-refractivity contribution in [3.8, 4) is 22.5 Å². The summed E-state index contributed by atoms with van der Waals surface area (Å²) in [6.45, 7) is 0. The topological polar surface area (TPSA) is 47.3 Å². The van der Waals surface area contributed by atoms with Crippen LogP contribution in [-0.4, -0.2) is 14.7 Å². The molecule has 0 aliphatic heterocycles. The van der Waals surface area contributed by atoms with E-state index in [4.69, 9.17) is 39.8 Å². The zero-order valence-corrected chi connectivity index (χ0v) is 18.3. The van der Waals surface area contributed by atoms with Crippen LogP contribution in [0.3, 0.4) is 0 Å². The summed E-state index contributed by atoms with van der Waals surface area (Å²) >= 11 is 18.5. The Balaban J connectivity index is 2.08. The fraction of sp³-hybridized carbons (Fsp3) is 0.0455. The lowest BCUT2D eigenvalue weighted by Crippen LogP contribution is -1.96. The van der Waals surface area contributed by atoms with Gasteiger partial charge in [-0.05, 0) is 42.5 Å². The lowest BCUT2D eigenvalue weighted by Gasteiger charge is -2.14. The summed E-state index contributed by atoms with van der Waals surface area (Å²) in [5, 5.41) is 1.56. The van der Waals surface area contributed by atoms with Crippen LogP contribution in [-0.2, 0) is 9.84 Å². The minimum Gasteiger partial charge on any atom is -0.455 e. The molecule has 7 heteroatoms. The van der Waals surface area contributed by atoms with Crippen molar-refractivity contribution in [2.45, 2.75) is 4.90 Å². The molecule has 0 saturated carbocycles. The van der Waals surface area contributed by atoms with Crippen LogP contribution in [0.4, 0.5) is 0 Å². The monoisotopic (exact) mass is 460 g/mol. The van der Waals surface area contributed by atoms with E-state index in [0.29, 0.717) is 42.6 Å². The Morgan fingerprint density at radius 3 is 2.28 bits per heavy atom. The molecular weight excluding hydrogens is 447 g/mol. The molecule has 3 nitrogen and oxygen atoms in total. The highest BCUT2D eigenvalue weighted by molar-refractivity contribution is 7.90. The maximum Gasteiger partial charge on any atom is 0.175 e. The molecule has 0 radical (unpaired) electrons. The minimum absolute atomic E-state index is 0.225. The van der Waals surface area contributed by atoms with Gasteiger partial charge in [-0.3, -0.25) is 0 Å². The Morgan fingerprint density at radius 2 is 1.59 bits per heavy atom. The van der Waals surface area contributed by atoms with Gasteiger partial charge in [-0.1, -0.05) is 59.7 Å². The summed E-state index contributed by atoms with van der Waals surface area (Å²) in [4.78, 5) is 0.225. The molecule has 4 rings (SSSR count). The molecule has 0 bridgehead atoms. The van der Waals surface area contributed by atoms with Gasteiger partial charge in [-0.2, -0.15) is 0 Å². The molecule has 0 saturated heterocycles. The predicted octanol–water partition coefficient (Wildman–Crippen LogP) is 7.21. The van der Waals surface area contributed by atoms with E-state index in [0.717, 1.165) is 5.39 Å². The number of halogens is 2. The van der Waals surface area contributed by atoms with E-state index in [-0.39, 0.29) is 4.90 Å². The lowest BCUT2D eigenvalue weighted by atomic mass is 9.99. The second-order valence-corrected chi connectivity index (χ2v) is 9.74. The third-order valence-corrected chi connectivity index (χ3v) is 6.93. The van der Waals surface area contributed by atoms with Gasteiger partial charge in [0.1, 0.15) is 11.3 Å². The number of hydrogen-bond donors (Lipinski definition) is 0. The van der Waals surface area contributed by atoms with E-state index < -0.39 is 9.84 Å². The molecule has 1 heterocycles. The molecule has 0 aliphatic carbocycles. The molecule has 4 aromatic rings. The van der Waals surface area contributed by atoms with Crippen LogP contribution in [0.25, 0.3) is 33.4 Å². The Hall–Kier alpha value is -2.18. The van der Waals surface area contributed by atoms with Gasteiger partial charge in [0.25, 0.3) is 0 Å². The standard InChI is InChI=1S/C22H14Cl2O3S2/c1-29(25,26)14-11-9-13(10-12-14)21-19(16-6-4-7-17(23)20(16)24)22(28)15-5-2-3-8-18(15)27-21/h2-12H,1H3. The zero-order chi connectivity index (χ0) is 20.8. The SMILES string of the molecule is CS(=O)(=O)c1ccc(-c2oc3ccccc3c(=S)c2-c2cccc(Cl)c2Cl)cc1. The summed E-state index contributed by atoms with van der Waals surface area (Å²) in [5.41, 5.74) is 2.60. The largest absolute Gasteiger partial charge is 0.455 e. The van der Waals surface area contributed by atoms with Gasteiger partial charge in [0.2, 0.25) is 0 Å². The highest BCUT2D eigenvalue weighted by Crippen LogP contribution is 2.42. The summed E-state index contributed by atoms with van der Waals surface area (Å²) in [7, 11) is -3.31. The molecule has 0 aliphatic rings. The molecule has 3 aromatic carbocycles. The van der Waals surface area contributed by atoms with Gasteiger partial charge in [0, 0.05) is 28.3 Å². The quantitative estimate of drug-likeness (QED) is 0.303. The molecule has 29 heavy (non-hydrogen) atoms. The Morgan fingerprint density at radius 1 is 0.897 bits per heavy atom. The summed E-state index contributed by atoms with van der Waals surface area (Å²) in [5.74, 6) is 0.498. The van der Waals surface area contributed by atoms with E-state index in [9.17, 15) is 8.42 Å². The summed E-state index contributed by atoms with van der Waals surface area (Å²) in [6, 6.07) is 19.3. The summed E-state index contributed by atoms with van der Waals surface area (Å²) < 4.78 is 30.4. The first-order chi connectivity index (χ1) is 13.8. The van der Waals surface area contributed by atoms with Crippen molar-refractivity contribution >= 4 is 56.2 Å². The zero-order valence-electron chi connectivity index (χ0n) is 15.1. The van der Waals surface area contributed by atoms with Crippen LogP contribution >= 0.6 is 35.4 Å². The van der Waals surface area contributed by atoms with Crippen LogP contribution < -0.4 is 0 Å². The molecule has 0 amide bonds. The molecule has 0 N–H and O–H groups in total. The number of rotatable bonds is 3. The van der Waals surface area contributed by atoms with Crippen LogP contribution in [0.5, 0.6) is 0 Å². The van der Waals surface area contributed by atoms with Gasteiger partial charge in [-0.25, -0.2) is 8.42 Å². The Kier molecular flexibility index (Phi) is 5.25. The van der Waals surface area contributed by atoms with Crippen molar-refractivity contribution < 1.29 is 12.8 Å². The maximum absolute atomic E-state index is 11.8. The van der Waals surface area contributed by atoms with E-state index in [2.05, 4.69) is 0 Å². The van der Waals surface area contributed by atoms with Crippen molar-refractivity contribution in [3.05, 3.63) is 81.3 Å². The van der Waals surface area contributed by atoms with E-state index >= 15 is 0 Å². The average molecular weight is 461 g/mol. The van der Waals surface area contributed by atoms with Gasteiger partial charge in [0.05, 0.1) is 19.5 Å². The fourth-order valence-corrected chi connectivity index (χ4v) is 4.54. The number of fused-ring (bicyclic) bond motifs is 1. The van der Waals surface area contributed by atoms with Crippen LogP contribution in [0.2, 0.25) is 10.0 Å². The normalized spacial score (nSPS) is 11.7. The molecule has 146 valence electrons. The van der Waals surface area contributed by atoms with Crippen molar-refractivity contribution in [2.24, 2.45) is 0 Å². The smallest absolute Gasteiger partial charge is 0.175 e. The number of para-hydroxylation sites is 1. The van der Waals surface area contributed by atoms with Gasteiger partial charge >= 0.3 is 0 Å². The second-order valence-electron chi connectivity index (χ2n) is 6.53. The van der Waals surface area contributed by atoms with Crippen molar-refractivity contribution in [2.75, 3.05) is 6.26 Å². The number of sulfone groups is 1. The molecule has 0 atom stereocenters. The van der Waals surface area contributed by atoms with Crippen LogP contribution in [0.1, 0.15) is 0 Å². The van der Waals surface area contributed by atoms with Crippen molar-refractivity contribution in [1.29, 1.82) is 0 Å². The van der Waals surface area contributed by atoms with E-state index in [1.165, 1.54) is 6.26 Å². The van der Waals surface area contributed by atoms with Crippen LogP contribution in [0.15, 0.2) is 76.0 Å². The van der Waals surface area contributed by atoms with Crippen LogP contribution in [0, 0.1) is 4.51 Å². The Bertz CT molecular complexity index is 1410. The minimum atomic E-state index is -3.31. The van der Waals surface area contributed by atoms with Gasteiger partial charge < -0.3 is 4.42 Å². The third-order valence-electron chi connectivity index (χ3n) is 4.56. The third kappa shape index (κ3) is 3.71. The first-order valence-corrected chi connectivity index (χ1v) is 11.6. The molecule has 1 aromatic heterocycles. The Labute approximate surface area is 183 Å². The van der Waals surface area contributed by atoms with Crippen molar-refractivity contribution in [1.82, 2.24) is 0 Å². The van der Waals surface area contributed by atoms with Crippen molar-refractivity contribution in [3.63, 3.8) is 0 Å². The maximum atomic E-state index is 11.8. The summed E-state index contributed by atoms with van der Waals surface area (Å²) in [6.07, 6.45) is 1.17. The molecule has 0 unspecified atom stereocenters. The van der Waals surface area contributed by atoms with Gasteiger partial charge in [-0.15, -0.1) is 0 Å². The average Bonchev–Trinajstić information content (AvgIpc) is 2.70. The predicted molar refractivity (Wildman–Crippen MR) is 121 cm³/mol. The highest BCUT2D eigenvalue weighted by Gasteiger charge is 2.19.